The first-order valence-electron chi connectivity index (χ1n) is 6.93. The molecule has 1 aliphatic rings. The summed E-state index contributed by atoms with van der Waals surface area (Å²) < 4.78 is 13.8. The van der Waals surface area contributed by atoms with E-state index in [0.29, 0.717) is 5.39 Å². The number of halogens is 1. The van der Waals surface area contributed by atoms with Gasteiger partial charge < -0.3 is 0 Å². The van der Waals surface area contributed by atoms with Crippen molar-refractivity contribution < 1.29 is 4.39 Å². The van der Waals surface area contributed by atoms with E-state index in [1.807, 2.05) is 30.3 Å². The Labute approximate surface area is 112 Å². The molecule has 3 rings (SSSR count). The van der Waals surface area contributed by atoms with E-state index >= 15 is 0 Å². The smallest absolute Gasteiger partial charge is 0.131 e. The number of nitrogens with one attached hydrogen (secondary N) is 1. The molecule has 0 saturated heterocycles. The summed E-state index contributed by atoms with van der Waals surface area (Å²) in [6.45, 7) is 0. The third-order valence-corrected chi connectivity index (χ3v) is 4.04. The number of hydrogen-bond acceptors (Lipinski definition) is 2. The summed E-state index contributed by atoms with van der Waals surface area (Å²) in [5.41, 5.74) is 3.99. The zero-order chi connectivity index (χ0) is 13.2. The van der Waals surface area contributed by atoms with Crippen LogP contribution in [0.5, 0.6) is 0 Å². The van der Waals surface area contributed by atoms with Crippen molar-refractivity contribution in [3.8, 4) is 0 Å². The van der Waals surface area contributed by atoms with Gasteiger partial charge in [0.05, 0.1) is 0 Å². The summed E-state index contributed by atoms with van der Waals surface area (Å²) in [5, 5.41) is 1.63. The van der Waals surface area contributed by atoms with Crippen LogP contribution in [0.3, 0.4) is 0 Å². The van der Waals surface area contributed by atoms with Crippen molar-refractivity contribution in [2.24, 2.45) is 11.8 Å². The molecule has 3 N–H and O–H groups in total. The summed E-state index contributed by atoms with van der Waals surface area (Å²) in [7, 11) is 0. The van der Waals surface area contributed by atoms with Crippen LogP contribution >= 0.6 is 0 Å². The van der Waals surface area contributed by atoms with Crippen molar-refractivity contribution in [3.05, 3.63) is 47.8 Å². The van der Waals surface area contributed by atoms with Gasteiger partial charge >= 0.3 is 0 Å². The maximum atomic E-state index is 13.8. The molecule has 0 amide bonds. The van der Waals surface area contributed by atoms with Gasteiger partial charge in [-0.15, -0.1) is 0 Å². The Morgan fingerprint density at radius 2 is 1.89 bits per heavy atom. The second-order valence-electron chi connectivity index (χ2n) is 5.42. The Balaban J connectivity index is 1.95. The van der Waals surface area contributed by atoms with Crippen LogP contribution in [0.1, 0.15) is 37.3 Å². The summed E-state index contributed by atoms with van der Waals surface area (Å²) in [4.78, 5) is 0. The minimum Gasteiger partial charge on any atom is -0.271 e. The van der Waals surface area contributed by atoms with Crippen LogP contribution < -0.4 is 11.3 Å². The number of nitrogens with two attached hydrogens (primary N) is 1. The Hall–Kier alpha value is -1.45. The minimum absolute atomic E-state index is 0.103. The van der Waals surface area contributed by atoms with Crippen molar-refractivity contribution in [1.29, 1.82) is 0 Å². The number of rotatable bonds is 5. The van der Waals surface area contributed by atoms with Gasteiger partial charge in [-0.25, -0.2) is 4.39 Å². The molecule has 19 heavy (non-hydrogen) atoms. The monoisotopic (exact) mass is 258 g/mol. The molecule has 0 aliphatic heterocycles. The number of hydrogen-bond donors (Lipinski definition) is 2. The highest BCUT2D eigenvalue weighted by molar-refractivity contribution is 5.86. The molecule has 1 atom stereocenters. The number of hydrazine groups is 1. The maximum absolute atomic E-state index is 13.8. The molecular weight excluding hydrogens is 239 g/mol. The highest BCUT2D eigenvalue weighted by atomic mass is 19.1. The first kappa shape index (κ1) is 12.6. The zero-order valence-corrected chi connectivity index (χ0v) is 10.9. The average Bonchev–Trinajstić information content (AvgIpc) is 3.26. The maximum Gasteiger partial charge on any atom is 0.131 e. The molecule has 1 unspecified atom stereocenters. The van der Waals surface area contributed by atoms with Crippen LogP contribution in [0, 0.1) is 11.7 Å². The van der Waals surface area contributed by atoms with Gasteiger partial charge in [0.2, 0.25) is 0 Å². The van der Waals surface area contributed by atoms with E-state index in [-0.39, 0.29) is 11.9 Å². The largest absolute Gasteiger partial charge is 0.271 e. The normalized spacial score (nSPS) is 16.7. The third kappa shape index (κ3) is 2.62. The molecule has 1 fully saturated rings. The molecule has 0 spiro atoms. The van der Waals surface area contributed by atoms with Crippen LogP contribution in [-0.4, -0.2) is 0 Å². The Bertz CT molecular complexity index is 578. The van der Waals surface area contributed by atoms with Crippen LogP contribution in [0.25, 0.3) is 10.8 Å². The summed E-state index contributed by atoms with van der Waals surface area (Å²) in [5.74, 6) is 6.40. The lowest BCUT2D eigenvalue weighted by Crippen LogP contribution is -2.28. The van der Waals surface area contributed by atoms with Crippen LogP contribution in [0.2, 0.25) is 0 Å². The van der Waals surface area contributed by atoms with Gasteiger partial charge in [-0.3, -0.25) is 11.3 Å². The van der Waals surface area contributed by atoms with Crippen molar-refractivity contribution in [1.82, 2.24) is 5.43 Å². The fraction of sp³-hybridized carbons (Fsp3) is 0.375. The molecule has 0 aromatic heterocycles. The standard InChI is InChI=1S/C16H19FN2/c17-15-9-8-14(12-3-1-2-4-13(12)15)16(19-18)10-7-11-5-6-11/h1-4,8-9,11,16,19H,5-7,10,18H2. The number of fused-ring (bicyclic) bond motifs is 1. The van der Waals surface area contributed by atoms with Crippen molar-refractivity contribution in [2.45, 2.75) is 31.7 Å². The Kier molecular flexibility index (Phi) is 3.49. The molecule has 2 nitrogen and oxygen atoms in total. The highest BCUT2D eigenvalue weighted by Gasteiger charge is 2.23. The van der Waals surface area contributed by atoms with E-state index in [4.69, 9.17) is 5.84 Å². The van der Waals surface area contributed by atoms with E-state index in [1.54, 1.807) is 6.07 Å². The molecule has 0 radical (unpaired) electrons. The highest BCUT2D eigenvalue weighted by Crippen LogP contribution is 2.37. The molecule has 2 aromatic rings. The van der Waals surface area contributed by atoms with Gasteiger partial charge in [0, 0.05) is 11.4 Å². The van der Waals surface area contributed by atoms with Crippen LogP contribution in [0.15, 0.2) is 36.4 Å². The predicted octanol–water partition coefficient (Wildman–Crippen LogP) is 3.67. The van der Waals surface area contributed by atoms with E-state index in [9.17, 15) is 4.39 Å². The van der Waals surface area contributed by atoms with Gasteiger partial charge in [-0.05, 0) is 35.8 Å². The molecule has 3 heteroatoms. The van der Waals surface area contributed by atoms with Crippen LogP contribution in [0.4, 0.5) is 4.39 Å². The minimum atomic E-state index is -0.169. The lowest BCUT2D eigenvalue weighted by Gasteiger charge is -2.18. The fourth-order valence-corrected chi connectivity index (χ4v) is 2.73. The topological polar surface area (TPSA) is 38.0 Å². The van der Waals surface area contributed by atoms with E-state index in [1.165, 1.54) is 19.3 Å². The Morgan fingerprint density at radius 3 is 2.58 bits per heavy atom. The van der Waals surface area contributed by atoms with Gasteiger partial charge in [-0.2, -0.15) is 0 Å². The molecule has 0 bridgehead atoms. The summed E-state index contributed by atoms with van der Waals surface area (Å²) in [6, 6.07) is 11.1. The molecule has 1 saturated carbocycles. The van der Waals surface area contributed by atoms with Crippen LogP contribution in [-0.2, 0) is 0 Å². The molecule has 0 heterocycles. The average molecular weight is 258 g/mol. The first-order valence-corrected chi connectivity index (χ1v) is 6.93. The molecule has 2 aromatic carbocycles. The van der Waals surface area contributed by atoms with E-state index in [2.05, 4.69) is 5.43 Å². The molecule has 100 valence electrons. The predicted molar refractivity (Wildman–Crippen MR) is 75.9 cm³/mol. The van der Waals surface area contributed by atoms with Crippen molar-refractivity contribution in [3.63, 3.8) is 0 Å². The van der Waals surface area contributed by atoms with Gasteiger partial charge in [0.25, 0.3) is 0 Å². The van der Waals surface area contributed by atoms with Gasteiger partial charge in [-0.1, -0.05) is 43.2 Å². The first-order chi connectivity index (χ1) is 9.29. The second kappa shape index (κ2) is 5.27. The summed E-state index contributed by atoms with van der Waals surface area (Å²) >= 11 is 0. The van der Waals surface area contributed by atoms with E-state index < -0.39 is 0 Å². The summed E-state index contributed by atoms with van der Waals surface area (Å²) in [6.07, 6.45) is 4.90. The molecule has 1 aliphatic carbocycles. The fourth-order valence-electron chi connectivity index (χ4n) is 2.73. The SMILES string of the molecule is NNC(CCC1CC1)c1ccc(F)c2ccccc12. The molecular formula is C16H19FN2. The van der Waals surface area contributed by atoms with E-state index in [0.717, 1.165) is 23.3 Å². The Morgan fingerprint density at radius 1 is 1.16 bits per heavy atom. The van der Waals surface area contributed by atoms with Gasteiger partial charge in [0.15, 0.2) is 0 Å². The lowest BCUT2D eigenvalue weighted by atomic mass is 9.95. The zero-order valence-electron chi connectivity index (χ0n) is 10.9. The lowest BCUT2D eigenvalue weighted by molar-refractivity contribution is 0.484. The van der Waals surface area contributed by atoms with Gasteiger partial charge in [0.1, 0.15) is 5.82 Å². The third-order valence-electron chi connectivity index (χ3n) is 4.04. The van der Waals surface area contributed by atoms with Crippen molar-refractivity contribution in [2.75, 3.05) is 0 Å². The second-order valence-corrected chi connectivity index (χ2v) is 5.42. The number of benzene rings is 2. The van der Waals surface area contributed by atoms with Crippen molar-refractivity contribution >= 4 is 10.8 Å². The quantitative estimate of drug-likeness (QED) is 0.634.